The predicted molar refractivity (Wildman–Crippen MR) is 261 cm³/mol. The van der Waals surface area contributed by atoms with Crippen molar-refractivity contribution < 1.29 is 24.0 Å². The average molecular weight is 966 g/mol. The van der Waals surface area contributed by atoms with Gasteiger partial charge in [0, 0.05) is 99.6 Å². The van der Waals surface area contributed by atoms with Gasteiger partial charge in [-0.2, -0.15) is 0 Å². The lowest BCUT2D eigenvalue weighted by atomic mass is 9.91. The zero-order chi connectivity index (χ0) is 48.4. The lowest BCUT2D eigenvalue weighted by molar-refractivity contribution is -0.136. The number of hydrogen-bond donors (Lipinski definition) is 4. The summed E-state index contributed by atoms with van der Waals surface area (Å²) in [7, 11) is 0. The summed E-state index contributed by atoms with van der Waals surface area (Å²) in [5.74, 6) is -0.0893. The fraction of sp³-hybridized carbons (Fsp3) is 0.408. The van der Waals surface area contributed by atoms with Crippen LogP contribution in [0.3, 0.4) is 0 Å². The van der Waals surface area contributed by atoms with Crippen LogP contribution in [0.1, 0.15) is 88.0 Å². The van der Waals surface area contributed by atoms with Gasteiger partial charge in [0.25, 0.3) is 17.7 Å². The Hall–Kier alpha value is -7.10. The van der Waals surface area contributed by atoms with Crippen molar-refractivity contribution >= 4 is 64.3 Å². The van der Waals surface area contributed by atoms with E-state index in [1.54, 1.807) is 43.0 Å². The number of anilines is 4. The van der Waals surface area contributed by atoms with Gasteiger partial charge in [-0.1, -0.05) is 30.0 Å². The molecule has 4 fully saturated rings. The highest BCUT2D eigenvalue weighted by atomic mass is 32.2. The van der Waals surface area contributed by atoms with Gasteiger partial charge in [0.05, 0.1) is 30.5 Å². The van der Waals surface area contributed by atoms with Crippen LogP contribution >= 0.6 is 11.8 Å². The summed E-state index contributed by atoms with van der Waals surface area (Å²) in [6.07, 6.45) is 11.3. The number of imide groups is 1. The van der Waals surface area contributed by atoms with Crippen LogP contribution in [0.5, 0.6) is 0 Å². The van der Waals surface area contributed by atoms with E-state index in [-0.39, 0.29) is 60.2 Å². The minimum atomic E-state index is -0.683. The third kappa shape index (κ3) is 10.6. The fourth-order valence-corrected chi connectivity index (χ4v) is 10.5. The number of hydrogen-bond acceptors (Lipinski definition) is 17. The molecule has 1 unspecified atom stereocenters. The molecular weight excluding hydrogens is 911 g/mol. The molecule has 362 valence electrons. The SMILES string of the molecule is CC1(N)CCN(c2cnc(Sc3cccc(NC(=O)c4ncc(N5CCC(N6CCN(c7ccc(C(=O)NCc8ccc9c(c8)CN(C8CCC(=O)NC8=O)C9=O)nn7)CC6)CC5)cn4)c3)cn2)CC1. The number of benzene rings is 2. The number of aromatic nitrogens is 6. The Kier molecular flexibility index (Phi) is 13.4. The number of amides is 5. The summed E-state index contributed by atoms with van der Waals surface area (Å²) in [5, 5.41) is 17.5. The standard InChI is InChI=1S/C49H55N15O5S/c1-49(50)13-17-62(18-14-49)41-28-52-43(29-51-41)70-36-4-2-3-33(24-36)56-47(68)44-53-26-35(27-54-44)60-15-11-34(12-16-60)61-19-21-63(22-20-61)40-9-7-38(58-59-40)45(66)55-25-31-5-6-37-32(23-31)30-64(48(37)69)39-8-10-42(65)57-46(39)67/h2-7,9,23-24,26-29,34,39H,8,10-22,25,30,50H2,1H3,(H,55,66)(H,56,68)(H,57,65,67). The number of piperidine rings is 3. The smallest absolute Gasteiger partial charge is 0.293 e. The minimum Gasteiger partial charge on any atom is -0.369 e. The van der Waals surface area contributed by atoms with E-state index in [0.29, 0.717) is 23.7 Å². The van der Waals surface area contributed by atoms with Crippen molar-refractivity contribution in [1.29, 1.82) is 0 Å². The van der Waals surface area contributed by atoms with E-state index in [0.717, 1.165) is 116 Å². The molecule has 8 heterocycles. The Morgan fingerprint density at radius 2 is 1.56 bits per heavy atom. The topological polar surface area (TPSA) is 241 Å². The lowest BCUT2D eigenvalue weighted by Gasteiger charge is -2.43. The molecule has 0 saturated carbocycles. The second-order valence-electron chi connectivity index (χ2n) is 18.8. The molecular formula is C49H55N15O5S. The van der Waals surface area contributed by atoms with Crippen LogP contribution in [0.4, 0.5) is 23.0 Å². The van der Waals surface area contributed by atoms with Gasteiger partial charge >= 0.3 is 0 Å². The van der Waals surface area contributed by atoms with E-state index in [1.807, 2.05) is 36.4 Å². The summed E-state index contributed by atoms with van der Waals surface area (Å²) in [6.45, 7) is 9.37. The van der Waals surface area contributed by atoms with Gasteiger partial charge in [0.1, 0.15) is 16.9 Å². The first-order valence-electron chi connectivity index (χ1n) is 23.8. The zero-order valence-corrected chi connectivity index (χ0v) is 39.7. The highest BCUT2D eigenvalue weighted by Gasteiger charge is 2.39. The van der Waals surface area contributed by atoms with E-state index in [1.165, 1.54) is 16.7 Å². The quantitative estimate of drug-likeness (QED) is 0.131. The van der Waals surface area contributed by atoms with Crippen molar-refractivity contribution in [3.05, 3.63) is 108 Å². The molecule has 1 atom stereocenters. The average Bonchev–Trinajstić information content (AvgIpc) is 3.70. The first-order chi connectivity index (χ1) is 33.9. The Balaban J connectivity index is 0.640. The number of carbonyl (C=O) groups excluding carboxylic acids is 5. The lowest BCUT2D eigenvalue weighted by Crippen LogP contribution is -2.53. The molecule has 0 spiro atoms. The molecule has 10 rings (SSSR count). The monoisotopic (exact) mass is 965 g/mol. The second kappa shape index (κ2) is 20.1. The number of nitrogens with one attached hydrogen (secondary N) is 3. The van der Waals surface area contributed by atoms with Crippen LogP contribution < -0.4 is 36.4 Å². The van der Waals surface area contributed by atoms with Gasteiger partial charge in [-0.25, -0.2) is 19.9 Å². The molecule has 20 nitrogen and oxygen atoms in total. The fourth-order valence-electron chi connectivity index (χ4n) is 9.75. The molecule has 5 aliphatic heterocycles. The molecule has 5 amide bonds. The van der Waals surface area contributed by atoms with Crippen LogP contribution in [0.15, 0.2) is 89.3 Å². The summed E-state index contributed by atoms with van der Waals surface area (Å²) in [5.41, 5.74) is 9.99. The third-order valence-corrected chi connectivity index (χ3v) is 14.8. The number of nitrogens with zero attached hydrogens (tertiary/aromatic N) is 11. The van der Waals surface area contributed by atoms with Crippen LogP contribution in [0, 0.1) is 0 Å². The van der Waals surface area contributed by atoms with Gasteiger partial charge in [-0.05, 0) is 86.6 Å². The summed E-state index contributed by atoms with van der Waals surface area (Å²) >= 11 is 1.47. The first-order valence-corrected chi connectivity index (χ1v) is 24.6. The summed E-state index contributed by atoms with van der Waals surface area (Å²) in [6, 6.07) is 16.2. The summed E-state index contributed by atoms with van der Waals surface area (Å²) in [4.78, 5) is 93.1. The van der Waals surface area contributed by atoms with Crippen molar-refractivity contribution in [2.24, 2.45) is 5.73 Å². The van der Waals surface area contributed by atoms with Gasteiger partial charge in [0.2, 0.25) is 17.6 Å². The van der Waals surface area contributed by atoms with Crippen LogP contribution in [0.25, 0.3) is 0 Å². The minimum absolute atomic E-state index is 0.0985. The largest absolute Gasteiger partial charge is 0.369 e. The van der Waals surface area contributed by atoms with E-state index in [9.17, 15) is 24.0 Å². The Labute approximate surface area is 409 Å². The van der Waals surface area contributed by atoms with E-state index < -0.39 is 11.9 Å². The van der Waals surface area contributed by atoms with Crippen LogP contribution in [0.2, 0.25) is 0 Å². The first kappa shape index (κ1) is 46.6. The summed E-state index contributed by atoms with van der Waals surface area (Å²) < 4.78 is 0. The molecule has 3 aromatic heterocycles. The third-order valence-electron chi connectivity index (χ3n) is 13.9. The maximum Gasteiger partial charge on any atom is 0.293 e. The molecule has 0 aliphatic carbocycles. The number of fused-ring (bicyclic) bond motifs is 1. The van der Waals surface area contributed by atoms with Gasteiger partial charge in [0.15, 0.2) is 11.5 Å². The number of nitrogens with two attached hydrogens (primary N) is 1. The maximum atomic E-state index is 13.2. The maximum absolute atomic E-state index is 13.2. The van der Waals surface area contributed by atoms with E-state index >= 15 is 0 Å². The molecule has 5 aliphatic rings. The predicted octanol–water partition coefficient (Wildman–Crippen LogP) is 3.26. The molecule has 0 radical (unpaired) electrons. The molecule has 4 saturated heterocycles. The highest BCUT2D eigenvalue weighted by Crippen LogP contribution is 2.31. The van der Waals surface area contributed by atoms with Gasteiger partial charge in [-0.3, -0.25) is 34.2 Å². The Bertz CT molecular complexity index is 2750. The van der Waals surface area contributed by atoms with Gasteiger partial charge in [-0.15, -0.1) is 10.2 Å². The molecule has 5 aromatic rings. The normalized spacial score (nSPS) is 19.7. The number of carbonyl (C=O) groups is 5. The molecule has 21 heteroatoms. The van der Waals surface area contributed by atoms with E-state index in [2.05, 4.69) is 72.6 Å². The van der Waals surface area contributed by atoms with Crippen molar-refractivity contribution in [3.63, 3.8) is 0 Å². The highest BCUT2D eigenvalue weighted by molar-refractivity contribution is 7.99. The van der Waals surface area contributed by atoms with Crippen molar-refractivity contribution in [3.8, 4) is 0 Å². The number of piperazine rings is 1. The number of rotatable bonds is 12. The molecule has 0 bridgehead atoms. The van der Waals surface area contributed by atoms with Crippen molar-refractivity contribution in [1.82, 2.24) is 50.6 Å². The van der Waals surface area contributed by atoms with Gasteiger partial charge < -0.3 is 36.0 Å². The Morgan fingerprint density at radius 1 is 0.786 bits per heavy atom. The van der Waals surface area contributed by atoms with Crippen molar-refractivity contribution in [2.75, 3.05) is 72.4 Å². The van der Waals surface area contributed by atoms with Crippen LogP contribution in [-0.2, 0) is 22.7 Å². The van der Waals surface area contributed by atoms with E-state index in [4.69, 9.17) is 5.73 Å². The van der Waals surface area contributed by atoms with Crippen molar-refractivity contribution in [2.45, 2.75) is 86.1 Å². The zero-order valence-electron chi connectivity index (χ0n) is 38.9. The molecule has 70 heavy (non-hydrogen) atoms. The Morgan fingerprint density at radius 3 is 2.27 bits per heavy atom. The second-order valence-corrected chi connectivity index (χ2v) is 19.9. The molecule has 5 N–H and O–H groups in total. The van der Waals surface area contributed by atoms with Crippen LogP contribution in [-0.4, -0.2) is 139 Å². The molecule has 2 aromatic carbocycles.